The van der Waals surface area contributed by atoms with Gasteiger partial charge in [-0.1, -0.05) is 48.0 Å². The zero-order valence-electron chi connectivity index (χ0n) is 18.3. The number of carbonyl (C=O) groups excluding carboxylic acids is 2. The van der Waals surface area contributed by atoms with Gasteiger partial charge in [-0.15, -0.1) is 11.8 Å². The van der Waals surface area contributed by atoms with Crippen molar-refractivity contribution in [1.29, 1.82) is 0 Å². The number of thioether (sulfide) groups is 1. The highest BCUT2D eigenvalue weighted by molar-refractivity contribution is 8.00. The Morgan fingerprint density at radius 3 is 2.35 bits per heavy atom. The number of rotatable bonds is 10. The Balaban J connectivity index is 1.78. The SMILES string of the molecule is COc1ccc(NC(=O)C(Sc2cccc(NC(=O)CCC(=O)O)c2)c2ccccc2)cc1Cl. The summed E-state index contributed by atoms with van der Waals surface area (Å²) < 4.78 is 5.16. The molecule has 7 nitrogen and oxygen atoms in total. The molecule has 0 fully saturated rings. The highest BCUT2D eigenvalue weighted by Crippen LogP contribution is 2.37. The number of halogens is 1. The molecule has 1 unspecified atom stereocenters. The number of aliphatic carboxylic acids is 1. The number of anilines is 2. The molecule has 0 aliphatic heterocycles. The van der Waals surface area contributed by atoms with Gasteiger partial charge in [0.05, 0.1) is 18.6 Å². The van der Waals surface area contributed by atoms with Crippen LogP contribution in [0.1, 0.15) is 23.7 Å². The molecule has 0 aliphatic rings. The van der Waals surface area contributed by atoms with Crippen LogP contribution < -0.4 is 15.4 Å². The van der Waals surface area contributed by atoms with Crippen molar-refractivity contribution in [2.24, 2.45) is 0 Å². The Morgan fingerprint density at radius 1 is 0.941 bits per heavy atom. The molecule has 0 radical (unpaired) electrons. The smallest absolute Gasteiger partial charge is 0.303 e. The first-order chi connectivity index (χ1) is 16.4. The molecule has 9 heteroatoms. The van der Waals surface area contributed by atoms with Gasteiger partial charge < -0.3 is 20.5 Å². The quantitative estimate of drug-likeness (QED) is 0.313. The average Bonchev–Trinajstić information content (AvgIpc) is 2.82. The Kier molecular flexibility index (Phi) is 8.95. The topological polar surface area (TPSA) is 105 Å². The summed E-state index contributed by atoms with van der Waals surface area (Å²) in [5, 5.41) is 14.1. The van der Waals surface area contributed by atoms with Crippen LogP contribution in [0.3, 0.4) is 0 Å². The molecule has 0 heterocycles. The van der Waals surface area contributed by atoms with Crippen LogP contribution in [0.15, 0.2) is 77.7 Å². The number of nitrogens with one attached hydrogen (secondary N) is 2. The number of hydrogen-bond donors (Lipinski definition) is 3. The minimum atomic E-state index is -1.03. The molecular weight excluding hydrogens is 476 g/mol. The van der Waals surface area contributed by atoms with Gasteiger partial charge in [-0.3, -0.25) is 14.4 Å². The van der Waals surface area contributed by atoms with E-state index in [0.717, 1.165) is 10.5 Å². The second-order valence-corrected chi connectivity index (χ2v) is 8.80. The molecule has 0 saturated carbocycles. The minimum absolute atomic E-state index is 0.119. The number of methoxy groups -OCH3 is 1. The normalized spacial score (nSPS) is 11.4. The lowest BCUT2D eigenvalue weighted by Crippen LogP contribution is -2.19. The number of carbonyl (C=O) groups is 3. The van der Waals surface area contributed by atoms with Crippen molar-refractivity contribution < 1.29 is 24.2 Å². The molecule has 0 spiro atoms. The largest absolute Gasteiger partial charge is 0.495 e. The van der Waals surface area contributed by atoms with E-state index in [0.29, 0.717) is 22.1 Å². The minimum Gasteiger partial charge on any atom is -0.495 e. The second-order valence-electron chi connectivity index (χ2n) is 7.22. The lowest BCUT2D eigenvalue weighted by Gasteiger charge is -2.18. The first-order valence-corrected chi connectivity index (χ1v) is 11.6. The van der Waals surface area contributed by atoms with Crippen molar-refractivity contribution in [3.05, 3.63) is 83.4 Å². The van der Waals surface area contributed by atoms with Gasteiger partial charge in [0, 0.05) is 22.7 Å². The average molecular weight is 499 g/mol. The van der Waals surface area contributed by atoms with Crippen LogP contribution >= 0.6 is 23.4 Å². The predicted molar refractivity (Wildman–Crippen MR) is 134 cm³/mol. The summed E-state index contributed by atoms with van der Waals surface area (Å²) >= 11 is 7.51. The van der Waals surface area contributed by atoms with Crippen LogP contribution in [0.25, 0.3) is 0 Å². The third-order valence-electron chi connectivity index (χ3n) is 4.70. The summed E-state index contributed by atoms with van der Waals surface area (Å²) in [6.45, 7) is 0. The van der Waals surface area contributed by atoms with Gasteiger partial charge in [-0.25, -0.2) is 0 Å². The van der Waals surface area contributed by atoms with Crippen molar-refractivity contribution in [3.8, 4) is 5.75 Å². The lowest BCUT2D eigenvalue weighted by atomic mass is 10.1. The molecule has 0 saturated heterocycles. The maximum absolute atomic E-state index is 13.3. The second kappa shape index (κ2) is 12.1. The first-order valence-electron chi connectivity index (χ1n) is 10.3. The Labute approximate surface area is 206 Å². The van der Waals surface area contributed by atoms with E-state index in [2.05, 4.69) is 10.6 Å². The zero-order valence-corrected chi connectivity index (χ0v) is 19.9. The molecule has 3 aromatic carbocycles. The highest BCUT2D eigenvalue weighted by atomic mass is 35.5. The van der Waals surface area contributed by atoms with E-state index in [-0.39, 0.29) is 18.7 Å². The molecule has 2 amide bonds. The third-order valence-corrected chi connectivity index (χ3v) is 6.24. The summed E-state index contributed by atoms with van der Waals surface area (Å²) in [5.41, 5.74) is 1.87. The summed E-state index contributed by atoms with van der Waals surface area (Å²) in [5.74, 6) is -1.16. The van der Waals surface area contributed by atoms with E-state index < -0.39 is 17.1 Å². The molecule has 0 aliphatic carbocycles. The van der Waals surface area contributed by atoms with Crippen LogP contribution in [0.4, 0.5) is 11.4 Å². The van der Waals surface area contributed by atoms with Crippen molar-refractivity contribution >= 4 is 52.5 Å². The van der Waals surface area contributed by atoms with Crippen LogP contribution in [0.2, 0.25) is 5.02 Å². The van der Waals surface area contributed by atoms with Crippen molar-refractivity contribution in [3.63, 3.8) is 0 Å². The fourth-order valence-corrected chi connectivity index (χ4v) is 4.42. The maximum Gasteiger partial charge on any atom is 0.303 e. The van der Waals surface area contributed by atoms with E-state index in [1.807, 2.05) is 36.4 Å². The monoisotopic (exact) mass is 498 g/mol. The fourth-order valence-electron chi connectivity index (χ4n) is 3.08. The summed E-state index contributed by atoms with van der Waals surface area (Å²) in [6, 6.07) is 21.4. The molecule has 3 N–H and O–H groups in total. The molecule has 1 atom stereocenters. The van der Waals surface area contributed by atoms with Crippen LogP contribution in [-0.2, 0) is 14.4 Å². The summed E-state index contributed by atoms with van der Waals surface area (Å²) in [4.78, 5) is 36.7. The first kappa shape index (κ1) is 25.1. The van der Waals surface area contributed by atoms with Crippen molar-refractivity contribution in [1.82, 2.24) is 0 Å². The van der Waals surface area contributed by atoms with E-state index in [9.17, 15) is 14.4 Å². The molecule has 0 bridgehead atoms. The van der Waals surface area contributed by atoms with Crippen LogP contribution in [0.5, 0.6) is 5.75 Å². The van der Waals surface area contributed by atoms with Crippen molar-refractivity contribution in [2.45, 2.75) is 23.0 Å². The predicted octanol–water partition coefficient (Wildman–Crippen LogP) is 5.62. The number of carboxylic acids is 1. The Morgan fingerprint density at radius 2 is 1.68 bits per heavy atom. The van der Waals surface area contributed by atoms with Gasteiger partial charge in [0.2, 0.25) is 11.8 Å². The number of amides is 2. The Hall–Kier alpha value is -3.49. The molecule has 34 heavy (non-hydrogen) atoms. The van der Waals surface area contributed by atoms with Gasteiger partial charge in [-0.05, 0) is 42.0 Å². The van der Waals surface area contributed by atoms with Gasteiger partial charge >= 0.3 is 5.97 Å². The number of ether oxygens (including phenoxy) is 1. The van der Waals surface area contributed by atoms with Gasteiger partial charge in [0.1, 0.15) is 11.0 Å². The standard InChI is InChI=1S/C25H23ClN2O5S/c1-33-21-11-10-18(15-20(21)26)28-25(32)24(16-6-3-2-4-7-16)34-19-9-5-8-17(14-19)27-22(29)12-13-23(30)31/h2-11,14-15,24H,12-13H2,1H3,(H,27,29)(H,28,32)(H,30,31). The highest BCUT2D eigenvalue weighted by Gasteiger charge is 2.23. The molecular formula is C25H23ClN2O5S. The van der Waals surface area contributed by atoms with E-state index in [4.69, 9.17) is 21.4 Å². The lowest BCUT2D eigenvalue weighted by molar-refractivity contribution is -0.138. The van der Waals surface area contributed by atoms with Crippen molar-refractivity contribution in [2.75, 3.05) is 17.7 Å². The van der Waals surface area contributed by atoms with E-state index in [1.165, 1.54) is 18.9 Å². The number of carboxylic acid groups (broad SMARTS) is 1. The fraction of sp³-hybridized carbons (Fsp3) is 0.160. The molecule has 176 valence electrons. The molecule has 0 aromatic heterocycles. The van der Waals surface area contributed by atoms with E-state index >= 15 is 0 Å². The van der Waals surface area contributed by atoms with Crippen LogP contribution in [-0.4, -0.2) is 30.0 Å². The third kappa shape index (κ3) is 7.26. The Bertz CT molecular complexity index is 1170. The number of benzene rings is 3. The summed E-state index contributed by atoms with van der Waals surface area (Å²) in [7, 11) is 1.52. The summed E-state index contributed by atoms with van der Waals surface area (Å²) in [6.07, 6.45) is -0.363. The van der Waals surface area contributed by atoms with Crippen LogP contribution in [0, 0.1) is 0 Å². The maximum atomic E-state index is 13.3. The van der Waals surface area contributed by atoms with Gasteiger partial charge in [-0.2, -0.15) is 0 Å². The van der Waals surface area contributed by atoms with Gasteiger partial charge in [0.15, 0.2) is 0 Å². The van der Waals surface area contributed by atoms with E-state index in [1.54, 1.807) is 36.4 Å². The molecule has 3 aromatic rings. The zero-order chi connectivity index (χ0) is 24.5. The van der Waals surface area contributed by atoms with Gasteiger partial charge in [0.25, 0.3) is 0 Å². The molecule has 3 rings (SSSR count). The number of hydrogen-bond acceptors (Lipinski definition) is 5.